The van der Waals surface area contributed by atoms with Gasteiger partial charge in [0.2, 0.25) is 5.91 Å². The summed E-state index contributed by atoms with van der Waals surface area (Å²) in [7, 11) is 0. The summed E-state index contributed by atoms with van der Waals surface area (Å²) >= 11 is 0. The number of anilines is 1. The maximum absolute atomic E-state index is 13.5. The lowest BCUT2D eigenvalue weighted by molar-refractivity contribution is -0.141. The van der Waals surface area contributed by atoms with Gasteiger partial charge < -0.3 is 24.7 Å². The molecule has 3 aliphatic heterocycles. The minimum atomic E-state index is -4.43. The Bertz CT molecular complexity index is 973. The lowest BCUT2D eigenvalue weighted by Gasteiger charge is -2.44. The molecule has 1 aromatic rings. The number of likely N-dealkylation sites (tertiary alicyclic amines) is 2. The number of hydrogen-bond donors (Lipinski definition) is 1. The molecule has 7 nitrogen and oxygen atoms in total. The summed E-state index contributed by atoms with van der Waals surface area (Å²) in [6.07, 6.45) is 0.717. The molecule has 1 unspecified atom stereocenters. The Balaban J connectivity index is 1.20. The van der Waals surface area contributed by atoms with Gasteiger partial charge in [0.05, 0.1) is 17.1 Å². The van der Waals surface area contributed by atoms with Crippen molar-refractivity contribution in [1.29, 1.82) is 0 Å². The molecule has 1 aromatic carbocycles. The van der Waals surface area contributed by atoms with E-state index in [1.54, 1.807) is 20.8 Å². The number of carbonyl (C=O) groups excluding carboxylic acids is 2. The van der Waals surface area contributed by atoms with Crippen molar-refractivity contribution >= 4 is 17.6 Å². The van der Waals surface area contributed by atoms with Crippen LogP contribution in [0.3, 0.4) is 0 Å². The van der Waals surface area contributed by atoms with Crippen LogP contribution < -0.4 is 4.90 Å². The molecule has 5 rings (SSSR count). The Labute approximate surface area is 209 Å². The number of aliphatic hydroxyl groups excluding tert-OH is 1. The fourth-order valence-corrected chi connectivity index (χ4v) is 6.57. The molecular weight excluding hydrogens is 473 g/mol. The van der Waals surface area contributed by atoms with Gasteiger partial charge in [-0.2, -0.15) is 13.2 Å². The predicted molar refractivity (Wildman–Crippen MR) is 128 cm³/mol. The van der Waals surface area contributed by atoms with Crippen molar-refractivity contribution in [2.24, 2.45) is 5.41 Å². The van der Waals surface area contributed by atoms with Crippen molar-refractivity contribution in [3.63, 3.8) is 0 Å². The Morgan fingerprint density at radius 2 is 1.61 bits per heavy atom. The predicted octanol–water partition coefficient (Wildman–Crippen LogP) is 3.57. The Kier molecular flexibility index (Phi) is 6.82. The number of benzene rings is 1. The molecule has 1 spiro atoms. The van der Waals surface area contributed by atoms with E-state index >= 15 is 0 Å². The molecule has 36 heavy (non-hydrogen) atoms. The summed E-state index contributed by atoms with van der Waals surface area (Å²) in [5, 5.41) is 9.82. The average Bonchev–Trinajstić information content (AvgIpc) is 3.18. The van der Waals surface area contributed by atoms with Gasteiger partial charge in [0, 0.05) is 57.5 Å². The number of carbonyl (C=O) groups is 2. The Morgan fingerprint density at radius 1 is 0.917 bits per heavy atom. The second-order valence-corrected chi connectivity index (χ2v) is 10.8. The zero-order valence-corrected chi connectivity index (χ0v) is 20.6. The van der Waals surface area contributed by atoms with Crippen molar-refractivity contribution in [2.75, 3.05) is 50.7 Å². The highest BCUT2D eigenvalue weighted by molar-refractivity contribution is 5.86. The van der Waals surface area contributed by atoms with Crippen LogP contribution in [0.25, 0.3) is 0 Å². The Morgan fingerprint density at radius 3 is 2.31 bits per heavy atom. The van der Waals surface area contributed by atoms with Gasteiger partial charge >= 0.3 is 12.2 Å². The number of urea groups is 1. The summed E-state index contributed by atoms with van der Waals surface area (Å²) in [5.41, 5.74) is -1.03. The highest BCUT2D eigenvalue weighted by Gasteiger charge is 2.51. The molecule has 1 atom stereocenters. The van der Waals surface area contributed by atoms with Gasteiger partial charge in [-0.1, -0.05) is 12.1 Å². The van der Waals surface area contributed by atoms with Gasteiger partial charge in [-0.3, -0.25) is 4.79 Å². The lowest BCUT2D eigenvalue weighted by Crippen LogP contribution is -2.57. The molecule has 3 saturated heterocycles. The first-order chi connectivity index (χ1) is 17.2. The van der Waals surface area contributed by atoms with E-state index in [0.29, 0.717) is 45.8 Å². The van der Waals surface area contributed by atoms with Crippen molar-refractivity contribution in [3.8, 4) is 0 Å². The molecule has 4 fully saturated rings. The van der Waals surface area contributed by atoms with Gasteiger partial charge in [0.25, 0.3) is 0 Å². The summed E-state index contributed by atoms with van der Waals surface area (Å²) in [6, 6.07) is 5.63. The fourth-order valence-electron chi connectivity index (χ4n) is 6.57. The van der Waals surface area contributed by atoms with Crippen LogP contribution in [-0.4, -0.2) is 89.7 Å². The van der Waals surface area contributed by atoms with Gasteiger partial charge in [0.15, 0.2) is 0 Å². The molecule has 0 aromatic heterocycles. The molecular formula is C26H35F3N4O3. The first kappa shape index (κ1) is 25.2. The van der Waals surface area contributed by atoms with Crippen LogP contribution in [0.5, 0.6) is 0 Å². The van der Waals surface area contributed by atoms with Crippen molar-refractivity contribution < 1.29 is 27.9 Å². The largest absolute Gasteiger partial charge is 0.418 e. The van der Waals surface area contributed by atoms with Crippen LogP contribution >= 0.6 is 0 Å². The third-order valence-corrected chi connectivity index (χ3v) is 8.60. The summed E-state index contributed by atoms with van der Waals surface area (Å²) < 4.78 is 40.4. The van der Waals surface area contributed by atoms with Gasteiger partial charge in [-0.25, -0.2) is 4.79 Å². The minimum Gasteiger partial charge on any atom is -0.393 e. The number of amides is 3. The third kappa shape index (κ3) is 4.76. The van der Waals surface area contributed by atoms with Crippen LogP contribution in [0.4, 0.5) is 23.7 Å². The molecule has 3 amide bonds. The monoisotopic (exact) mass is 508 g/mol. The van der Waals surface area contributed by atoms with Crippen LogP contribution in [0.15, 0.2) is 24.3 Å². The second-order valence-electron chi connectivity index (χ2n) is 10.8. The van der Waals surface area contributed by atoms with Crippen molar-refractivity contribution in [3.05, 3.63) is 29.8 Å². The van der Waals surface area contributed by atoms with E-state index in [0.717, 1.165) is 51.0 Å². The van der Waals surface area contributed by atoms with E-state index in [9.17, 15) is 27.9 Å². The number of aliphatic hydroxyl groups is 1. The first-order valence-electron chi connectivity index (χ1n) is 13.1. The fraction of sp³-hybridized carbons (Fsp3) is 0.692. The maximum atomic E-state index is 13.5. The van der Waals surface area contributed by atoms with Gasteiger partial charge in [-0.05, 0) is 57.1 Å². The van der Waals surface area contributed by atoms with Crippen molar-refractivity contribution in [1.82, 2.24) is 14.7 Å². The van der Waals surface area contributed by atoms with E-state index in [1.165, 1.54) is 12.1 Å². The number of nitrogens with zero attached hydrogens (tertiary/aromatic N) is 4. The zero-order valence-electron chi connectivity index (χ0n) is 20.6. The molecule has 1 N–H and O–H groups in total. The van der Waals surface area contributed by atoms with E-state index in [4.69, 9.17) is 0 Å². The highest BCUT2D eigenvalue weighted by atomic mass is 19.4. The molecule has 0 bridgehead atoms. The lowest BCUT2D eigenvalue weighted by atomic mass is 9.78. The van der Waals surface area contributed by atoms with E-state index in [-0.39, 0.29) is 29.8 Å². The van der Waals surface area contributed by atoms with E-state index in [1.807, 2.05) is 4.90 Å². The topological polar surface area (TPSA) is 67.3 Å². The number of halogens is 3. The SMILES string of the molecule is O=C(N1CCN(c2ccccc2C(F)(F)F)CC1)N1CCCC2(CCN(C3CCC(O)CC3)C2=O)C1. The number of piperazine rings is 1. The molecule has 0 radical (unpaired) electrons. The molecule has 4 aliphatic rings. The number of rotatable bonds is 2. The number of para-hydroxylation sites is 1. The zero-order chi connectivity index (χ0) is 25.5. The minimum absolute atomic E-state index is 0.120. The molecule has 10 heteroatoms. The van der Waals surface area contributed by atoms with Crippen molar-refractivity contribution in [2.45, 2.75) is 63.3 Å². The highest BCUT2D eigenvalue weighted by Crippen LogP contribution is 2.43. The first-order valence-corrected chi connectivity index (χ1v) is 13.1. The quantitative estimate of drug-likeness (QED) is 0.664. The maximum Gasteiger partial charge on any atom is 0.418 e. The molecule has 198 valence electrons. The number of hydrogen-bond acceptors (Lipinski definition) is 4. The van der Waals surface area contributed by atoms with Crippen LogP contribution in [-0.2, 0) is 11.0 Å². The Hall–Kier alpha value is -2.49. The van der Waals surface area contributed by atoms with E-state index in [2.05, 4.69) is 0 Å². The number of piperidine rings is 1. The van der Waals surface area contributed by atoms with E-state index < -0.39 is 17.2 Å². The normalized spacial score (nSPS) is 29.8. The number of alkyl halides is 3. The molecule has 1 aliphatic carbocycles. The second kappa shape index (κ2) is 9.76. The van der Waals surface area contributed by atoms with Crippen LogP contribution in [0, 0.1) is 5.41 Å². The molecule has 1 saturated carbocycles. The smallest absolute Gasteiger partial charge is 0.393 e. The summed E-state index contributed by atoms with van der Waals surface area (Å²) in [4.78, 5) is 34.1. The summed E-state index contributed by atoms with van der Waals surface area (Å²) in [5.74, 6) is 0.148. The third-order valence-electron chi connectivity index (χ3n) is 8.60. The summed E-state index contributed by atoms with van der Waals surface area (Å²) in [6.45, 7) is 3.07. The van der Waals surface area contributed by atoms with Gasteiger partial charge in [0.1, 0.15) is 0 Å². The average molecular weight is 509 g/mol. The van der Waals surface area contributed by atoms with Crippen LogP contribution in [0.1, 0.15) is 50.5 Å². The van der Waals surface area contributed by atoms with Crippen LogP contribution in [0.2, 0.25) is 0 Å². The molecule has 3 heterocycles. The standard InChI is InChI=1S/C26H35F3N4O3/c27-26(28,29)21-4-1-2-5-22(21)30-14-16-31(17-15-30)24(36)32-12-3-10-25(18-32)11-13-33(23(25)35)19-6-8-20(34)9-7-19/h1-2,4-5,19-20,34H,3,6-18H2. The van der Waals surface area contributed by atoms with Gasteiger partial charge in [-0.15, -0.1) is 0 Å².